The van der Waals surface area contributed by atoms with Crippen LogP contribution in [0.25, 0.3) is 0 Å². The molecule has 1 aromatic rings. The lowest BCUT2D eigenvalue weighted by Gasteiger charge is -2.19. The number of amides is 1. The van der Waals surface area contributed by atoms with Gasteiger partial charge >= 0.3 is 16.4 Å². The molecule has 5 nitrogen and oxygen atoms in total. The number of anilines is 1. The summed E-state index contributed by atoms with van der Waals surface area (Å²) in [6, 6.07) is 2.05. The largest absolute Gasteiger partial charge is 0.506 e. The van der Waals surface area contributed by atoms with Crippen molar-refractivity contribution in [3.05, 3.63) is 23.8 Å². The van der Waals surface area contributed by atoms with Gasteiger partial charge < -0.3 is 10.0 Å². The Morgan fingerprint density at radius 1 is 1.32 bits per heavy atom. The van der Waals surface area contributed by atoms with Crippen molar-refractivity contribution in [2.45, 2.75) is 12.6 Å². The lowest BCUT2D eigenvalue weighted by molar-refractivity contribution is -0.137. The number of halogens is 4. The first-order valence-corrected chi connectivity index (χ1v) is 7.65. The number of aromatic hydroxyl groups is 1. The minimum atomic E-state index is -4.80. The molecule has 0 radical (unpaired) electrons. The van der Waals surface area contributed by atoms with E-state index in [9.17, 15) is 35.4 Å². The van der Waals surface area contributed by atoms with Crippen molar-refractivity contribution in [1.82, 2.24) is 0 Å². The second-order valence-electron chi connectivity index (χ2n) is 4.98. The summed E-state index contributed by atoms with van der Waals surface area (Å²) in [7, 11) is -4.80. The summed E-state index contributed by atoms with van der Waals surface area (Å²) in [6.45, 7) is -0.281. The number of phenols is 1. The number of alkyl halides is 3. The van der Waals surface area contributed by atoms with E-state index in [1.165, 1.54) is 0 Å². The highest BCUT2D eigenvalue weighted by Crippen LogP contribution is 2.38. The molecule has 0 aromatic heterocycles. The second kappa shape index (κ2) is 5.41. The average Bonchev–Trinajstić information content (AvgIpc) is 2.66. The van der Waals surface area contributed by atoms with Crippen LogP contribution in [-0.2, 0) is 21.2 Å². The number of benzene rings is 1. The third-order valence-corrected chi connectivity index (χ3v) is 4.10. The number of nitrogens with zero attached hydrogens (tertiary/aromatic N) is 1. The fraction of sp³-hybridized carbons (Fsp3) is 0.417. The molecule has 1 saturated heterocycles. The molecule has 0 bridgehead atoms. The minimum Gasteiger partial charge on any atom is -0.506 e. The number of rotatable bonds is 3. The van der Waals surface area contributed by atoms with Crippen molar-refractivity contribution in [1.29, 1.82) is 0 Å². The Balaban J connectivity index is 2.30. The molecule has 1 amide bonds. The van der Waals surface area contributed by atoms with E-state index < -0.39 is 45.3 Å². The van der Waals surface area contributed by atoms with Gasteiger partial charge in [0, 0.05) is 18.9 Å². The van der Waals surface area contributed by atoms with Crippen molar-refractivity contribution in [2.75, 3.05) is 17.2 Å². The van der Waals surface area contributed by atoms with Crippen molar-refractivity contribution >= 4 is 21.8 Å². The molecule has 1 atom stereocenters. The predicted octanol–water partition coefficient (Wildman–Crippen LogP) is 2.06. The Kier molecular flexibility index (Phi) is 4.07. The summed E-state index contributed by atoms with van der Waals surface area (Å²) in [5.74, 6) is -3.00. The number of hydrogen-bond acceptors (Lipinski definition) is 4. The summed E-state index contributed by atoms with van der Waals surface area (Å²) in [5, 5.41) is 9.64. The van der Waals surface area contributed by atoms with Gasteiger partial charge in [-0.25, -0.2) is 0 Å². The SMILES string of the molecule is O=C1CC(CS(=O)(=O)F)CN1c1cc(C(F)(F)F)ccc1O. The molecule has 1 N–H and O–H groups in total. The maximum atomic E-state index is 12.7. The molecule has 0 aliphatic carbocycles. The normalized spacial score (nSPS) is 19.7. The highest BCUT2D eigenvalue weighted by molar-refractivity contribution is 7.86. The van der Waals surface area contributed by atoms with Crippen LogP contribution in [0.15, 0.2) is 18.2 Å². The van der Waals surface area contributed by atoms with E-state index in [2.05, 4.69) is 0 Å². The highest BCUT2D eigenvalue weighted by Gasteiger charge is 2.37. The van der Waals surface area contributed by atoms with Crippen LogP contribution in [0.1, 0.15) is 12.0 Å². The summed E-state index contributed by atoms with van der Waals surface area (Å²) >= 11 is 0. The number of hydrogen-bond donors (Lipinski definition) is 1. The van der Waals surface area contributed by atoms with E-state index >= 15 is 0 Å². The van der Waals surface area contributed by atoms with Crippen molar-refractivity contribution in [2.24, 2.45) is 5.92 Å². The van der Waals surface area contributed by atoms with E-state index in [4.69, 9.17) is 0 Å². The van der Waals surface area contributed by atoms with E-state index in [1.54, 1.807) is 0 Å². The Hall–Kier alpha value is -1.84. The molecule has 1 aromatic carbocycles. The third kappa shape index (κ3) is 3.67. The molecular weight excluding hydrogens is 330 g/mol. The molecule has 1 aliphatic heterocycles. The van der Waals surface area contributed by atoms with Gasteiger partial charge in [0.15, 0.2) is 0 Å². The molecule has 1 aliphatic rings. The smallest absolute Gasteiger partial charge is 0.416 e. The third-order valence-electron chi connectivity index (χ3n) is 3.23. The van der Waals surface area contributed by atoms with Crippen molar-refractivity contribution in [3.63, 3.8) is 0 Å². The zero-order valence-corrected chi connectivity index (χ0v) is 11.8. The van der Waals surface area contributed by atoms with Crippen LogP contribution >= 0.6 is 0 Å². The highest BCUT2D eigenvalue weighted by atomic mass is 32.3. The van der Waals surface area contributed by atoms with Crippen molar-refractivity contribution in [3.8, 4) is 5.75 Å². The zero-order chi connectivity index (χ0) is 16.7. The first-order chi connectivity index (χ1) is 9.97. The quantitative estimate of drug-likeness (QED) is 0.675. The second-order valence-corrected chi connectivity index (χ2v) is 6.39. The van der Waals surface area contributed by atoms with Gasteiger partial charge in [0.1, 0.15) is 5.75 Å². The summed E-state index contributed by atoms with van der Waals surface area (Å²) in [4.78, 5) is 12.6. The van der Waals surface area contributed by atoms with Crippen LogP contribution in [0.4, 0.5) is 22.7 Å². The Morgan fingerprint density at radius 3 is 2.50 bits per heavy atom. The monoisotopic (exact) mass is 341 g/mol. The fourth-order valence-corrected chi connectivity index (χ4v) is 3.11. The first-order valence-electron chi connectivity index (χ1n) is 6.10. The van der Waals surface area contributed by atoms with Crippen LogP contribution < -0.4 is 4.90 Å². The van der Waals surface area contributed by atoms with Gasteiger partial charge in [-0.2, -0.15) is 21.6 Å². The molecule has 22 heavy (non-hydrogen) atoms. The standard InChI is InChI=1S/C12H11F4NO4S/c13-12(14,15)8-1-2-10(18)9(4-8)17-5-7(3-11(17)19)6-22(16,20)21/h1-2,4,7,18H,3,5-6H2. The Labute approximate surface area is 123 Å². The molecule has 122 valence electrons. The predicted molar refractivity (Wildman–Crippen MR) is 68.5 cm³/mol. The van der Waals surface area contributed by atoms with E-state index in [0.29, 0.717) is 12.1 Å². The average molecular weight is 341 g/mol. The van der Waals surface area contributed by atoms with Gasteiger partial charge in [-0.3, -0.25) is 4.79 Å². The van der Waals surface area contributed by atoms with Gasteiger partial charge in [0.05, 0.1) is 17.0 Å². The zero-order valence-electron chi connectivity index (χ0n) is 11.0. The van der Waals surface area contributed by atoms with E-state index in [0.717, 1.165) is 11.0 Å². The summed E-state index contributed by atoms with van der Waals surface area (Å²) < 4.78 is 71.8. The Morgan fingerprint density at radius 2 is 1.95 bits per heavy atom. The molecular formula is C12H11F4NO4S. The van der Waals surface area contributed by atoms with Crippen molar-refractivity contribution < 1.29 is 35.4 Å². The van der Waals surface area contributed by atoms with Crippen LogP contribution in [0.3, 0.4) is 0 Å². The number of phenolic OH excluding ortho intramolecular Hbond substituents is 1. The lowest BCUT2D eigenvalue weighted by atomic mass is 10.1. The van der Waals surface area contributed by atoms with Crippen LogP contribution in [0.2, 0.25) is 0 Å². The van der Waals surface area contributed by atoms with Crippen LogP contribution in [0.5, 0.6) is 5.75 Å². The van der Waals surface area contributed by atoms with Gasteiger partial charge in [0.2, 0.25) is 5.91 Å². The molecule has 0 spiro atoms. The summed E-state index contributed by atoms with van der Waals surface area (Å²) in [6.07, 6.45) is -4.98. The van der Waals surface area contributed by atoms with Crippen LogP contribution in [-0.4, -0.2) is 31.7 Å². The van der Waals surface area contributed by atoms with Gasteiger partial charge in [-0.15, -0.1) is 3.89 Å². The summed E-state index contributed by atoms with van der Waals surface area (Å²) in [5.41, 5.74) is -1.44. The van der Waals surface area contributed by atoms with E-state index in [1.807, 2.05) is 0 Å². The first kappa shape index (κ1) is 16.5. The number of carbonyl (C=O) groups excluding carboxylic acids is 1. The molecule has 1 heterocycles. The molecule has 1 fully saturated rings. The van der Waals surface area contributed by atoms with Gasteiger partial charge in [-0.05, 0) is 18.2 Å². The molecule has 10 heteroatoms. The van der Waals surface area contributed by atoms with Gasteiger partial charge in [0.25, 0.3) is 0 Å². The fourth-order valence-electron chi connectivity index (χ4n) is 2.32. The molecule has 1 unspecified atom stereocenters. The Bertz CT molecular complexity index is 702. The molecule has 0 saturated carbocycles. The number of carbonyl (C=O) groups is 1. The maximum absolute atomic E-state index is 12.7. The lowest BCUT2D eigenvalue weighted by Crippen LogP contribution is -2.26. The van der Waals surface area contributed by atoms with E-state index in [-0.39, 0.29) is 18.7 Å². The maximum Gasteiger partial charge on any atom is 0.416 e. The molecule has 2 rings (SSSR count). The van der Waals surface area contributed by atoms with Gasteiger partial charge in [-0.1, -0.05) is 0 Å². The minimum absolute atomic E-state index is 0.281. The topological polar surface area (TPSA) is 74.7 Å². The van der Waals surface area contributed by atoms with Crippen LogP contribution in [0, 0.1) is 5.92 Å².